The number of methoxy groups -OCH3 is 1. The zero-order valence-electron chi connectivity index (χ0n) is 30.5. The molecule has 4 aromatic rings. The van der Waals surface area contributed by atoms with Gasteiger partial charge >= 0.3 is 21.4 Å². The molecule has 306 valence electrons. The topological polar surface area (TPSA) is 274 Å². The number of phosphoric ester groups is 1. The number of phosphoric acid groups is 1. The summed E-state index contributed by atoms with van der Waals surface area (Å²) in [6.45, 7) is 2.74. The Bertz CT molecular complexity index is 2160. The normalized spacial score (nSPS) is 32.8. The van der Waals surface area contributed by atoms with Crippen LogP contribution in [0.4, 0.5) is 20.4 Å². The van der Waals surface area contributed by atoms with Gasteiger partial charge in [0.05, 0.1) is 36.9 Å². The van der Waals surface area contributed by atoms with E-state index in [1.807, 2.05) is 0 Å². The first-order valence-corrected chi connectivity index (χ1v) is 20.5. The Kier molecular flexibility index (Phi) is 11.4. The number of anilines is 2. The molecule has 26 heteroatoms. The highest BCUT2D eigenvalue weighted by atomic mass is 31.2. The number of alkyl halides is 2. The number of nitrogen functional groups attached to an aromatic ring is 2. The SMILES string of the molecule is CCC(C)(C)C(=O)OCOP1(=O)OC[C@H]2O[C@@H](n3cnc4c(N)ncnc43)[C@H](F)[C@@H]2OP(=O)(OCOC)CC[C@H]2O[C@@H](n3cnc4c(N)ncnc43)[C@H](F)[C@@H]2O1. The Morgan fingerprint density at radius 2 is 1.45 bits per heavy atom. The quantitative estimate of drug-likeness (QED) is 0.132. The van der Waals surface area contributed by atoms with Gasteiger partial charge in [0.25, 0.3) is 0 Å². The molecule has 2 unspecified atom stereocenters. The smallest absolute Gasteiger partial charge is 0.437 e. The average Bonchev–Trinajstić information content (AvgIpc) is 3.94. The first kappa shape index (κ1) is 40.4. The minimum Gasteiger partial charge on any atom is -0.437 e. The molecule has 0 spiro atoms. The third-order valence-electron chi connectivity index (χ3n) is 9.68. The highest BCUT2D eigenvalue weighted by molar-refractivity contribution is 7.53. The minimum absolute atomic E-state index is 0.0174. The standard InChI is InChI=1S/C30H40F2N10O12P2/c1-5-30(2,3)29(43)47-14-50-56(45)48-8-16-22(18(32)28(52-16)42-12-40-20-24(34)36-10-38-26(20)42)53-55(44,49-13-46-4)7-6-15-21(54-56)17(31)27(51-15)41-11-39-19-23(33)35-9-37-25(19)41/h9-12,15-18,21-22,27-28H,5-8,13-14H2,1-4H3,(H2,33,35,37)(H2,34,36,38)/t15-,16-,17-,18-,21-,22-,27-,28-,55?,56?/m1/s1. The molecule has 0 aliphatic carbocycles. The van der Waals surface area contributed by atoms with E-state index >= 15 is 8.78 Å². The summed E-state index contributed by atoms with van der Waals surface area (Å²) < 4.78 is 115. The van der Waals surface area contributed by atoms with Gasteiger partial charge in [-0.15, -0.1) is 0 Å². The lowest BCUT2D eigenvalue weighted by molar-refractivity contribution is -0.162. The van der Waals surface area contributed by atoms with Gasteiger partial charge in [-0.2, -0.15) is 0 Å². The fraction of sp³-hybridized carbons (Fsp3) is 0.633. The van der Waals surface area contributed by atoms with Crippen molar-refractivity contribution in [1.29, 1.82) is 0 Å². The molecule has 0 saturated carbocycles. The second-order valence-electron chi connectivity index (χ2n) is 13.6. The van der Waals surface area contributed by atoms with Gasteiger partial charge in [-0.05, 0) is 26.7 Å². The zero-order valence-corrected chi connectivity index (χ0v) is 32.2. The summed E-state index contributed by atoms with van der Waals surface area (Å²) in [4.78, 5) is 37.1. The molecule has 0 aromatic carbocycles. The number of carbonyl (C=O) groups is 1. The second kappa shape index (κ2) is 15.8. The molecular weight excluding hydrogens is 792 g/mol. The van der Waals surface area contributed by atoms with Gasteiger partial charge < -0.3 is 30.4 Å². The van der Waals surface area contributed by atoms with Crippen LogP contribution in [0.15, 0.2) is 25.3 Å². The third-order valence-corrected chi connectivity index (χ3v) is 12.9. The Morgan fingerprint density at radius 1 is 0.875 bits per heavy atom. The number of imidazole rings is 2. The van der Waals surface area contributed by atoms with Gasteiger partial charge in [-0.25, -0.2) is 47.8 Å². The number of fused-ring (bicyclic) bond motifs is 4. The molecule has 22 nitrogen and oxygen atoms in total. The maximum atomic E-state index is 16.7. The fourth-order valence-electron chi connectivity index (χ4n) is 6.21. The molecule has 3 aliphatic rings. The molecule has 56 heavy (non-hydrogen) atoms. The van der Waals surface area contributed by atoms with Crippen LogP contribution in [0.3, 0.4) is 0 Å². The van der Waals surface area contributed by atoms with Crippen molar-refractivity contribution in [3.63, 3.8) is 0 Å². The maximum Gasteiger partial charge on any atom is 0.478 e. The van der Waals surface area contributed by atoms with Crippen molar-refractivity contribution in [3.8, 4) is 0 Å². The Morgan fingerprint density at radius 3 is 2.02 bits per heavy atom. The van der Waals surface area contributed by atoms with Gasteiger partial charge in [-0.1, -0.05) is 6.92 Å². The number of ether oxygens (including phenoxy) is 4. The molecule has 3 aliphatic heterocycles. The molecule has 7 rings (SSSR count). The number of nitrogens with zero attached hydrogens (tertiary/aromatic N) is 8. The molecule has 4 aromatic heterocycles. The van der Waals surface area contributed by atoms with E-state index in [0.29, 0.717) is 6.42 Å². The van der Waals surface area contributed by atoms with Crippen molar-refractivity contribution >= 4 is 55.4 Å². The predicted molar refractivity (Wildman–Crippen MR) is 187 cm³/mol. The van der Waals surface area contributed by atoms with Crippen LogP contribution in [0.2, 0.25) is 0 Å². The molecule has 3 fully saturated rings. The molecule has 4 N–H and O–H groups in total. The Labute approximate surface area is 316 Å². The van der Waals surface area contributed by atoms with Crippen LogP contribution in [0.5, 0.6) is 0 Å². The molecule has 7 heterocycles. The zero-order chi connectivity index (χ0) is 40.0. The molecular formula is C30H40F2N10O12P2. The summed E-state index contributed by atoms with van der Waals surface area (Å²) in [6.07, 6.45) is -9.36. The summed E-state index contributed by atoms with van der Waals surface area (Å²) in [5.74, 6) is -0.659. The van der Waals surface area contributed by atoms with Crippen molar-refractivity contribution in [1.82, 2.24) is 39.0 Å². The van der Waals surface area contributed by atoms with Gasteiger partial charge in [0.15, 0.2) is 54.5 Å². The number of rotatable bonds is 10. The highest BCUT2D eigenvalue weighted by Crippen LogP contribution is 2.58. The highest BCUT2D eigenvalue weighted by Gasteiger charge is 2.55. The van der Waals surface area contributed by atoms with E-state index in [9.17, 15) is 13.9 Å². The first-order valence-electron chi connectivity index (χ1n) is 17.3. The fourth-order valence-corrected chi connectivity index (χ4v) is 9.23. The van der Waals surface area contributed by atoms with Crippen molar-refractivity contribution in [2.75, 3.05) is 44.9 Å². The van der Waals surface area contributed by atoms with E-state index in [4.69, 9.17) is 53.0 Å². The lowest BCUT2D eigenvalue weighted by Gasteiger charge is -2.30. The van der Waals surface area contributed by atoms with Gasteiger partial charge in [0.1, 0.15) is 42.0 Å². The molecule has 0 bridgehead atoms. The number of esters is 1. The van der Waals surface area contributed by atoms with Gasteiger partial charge in [-0.3, -0.25) is 36.6 Å². The van der Waals surface area contributed by atoms with E-state index in [2.05, 4.69) is 29.9 Å². The molecule has 10 atom stereocenters. The average molecular weight is 833 g/mol. The summed E-state index contributed by atoms with van der Waals surface area (Å²) in [5, 5.41) is 0. The third kappa shape index (κ3) is 7.74. The number of hydrogen-bond donors (Lipinski definition) is 2. The van der Waals surface area contributed by atoms with Crippen molar-refractivity contribution in [3.05, 3.63) is 25.3 Å². The van der Waals surface area contributed by atoms with Crippen LogP contribution in [0, 0.1) is 5.41 Å². The number of hydrogen-bond acceptors (Lipinski definition) is 20. The summed E-state index contributed by atoms with van der Waals surface area (Å²) in [7, 11) is -8.09. The number of carbonyl (C=O) groups excluding carboxylic acids is 1. The van der Waals surface area contributed by atoms with Crippen LogP contribution in [0.25, 0.3) is 22.3 Å². The van der Waals surface area contributed by atoms with Crippen molar-refractivity contribution in [2.45, 2.75) is 82.8 Å². The first-order chi connectivity index (χ1) is 26.7. The monoisotopic (exact) mass is 832 g/mol. The van der Waals surface area contributed by atoms with Crippen molar-refractivity contribution < 1.29 is 64.3 Å². The van der Waals surface area contributed by atoms with Gasteiger partial charge in [0, 0.05) is 7.11 Å². The van der Waals surface area contributed by atoms with E-state index < -0.39 is 102 Å². The molecule has 0 radical (unpaired) electrons. The van der Waals surface area contributed by atoms with Crippen LogP contribution in [0.1, 0.15) is 46.1 Å². The molecule has 0 amide bonds. The van der Waals surface area contributed by atoms with Crippen molar-refractivity contribution in [2.24, 2.45) is 5.41 Å². The maximum absolute atomic E-state index is 16.7. The van der Waals surface area contributed by atoms with E-state index in [1.165, 1.54) is 28.9 Å². The summed E-state index contributed by atoms with van der Waals surface area (Å²) >= 11 is 0. The van der Waals surface area contributed by atoms with E-state index in [1.54, 1.807) is 20.8 Å². The van der Waals surface area contributed by atoms with Gasteiger partial charge in [0.2, 0.25) is 6.79 Å². The largest absolute Gasteiger partial charge is 0.478 e. The number of aromatic nitrogens is 8. The van der Waals surface area contributed by atoms with Crippen LogP contribution in [-0.4, -0.2) is 115 Å². The summed E-state index contributed by atoms with van der Waals surface area (Å²) in [6, 6.07) is 0. The van der Waals surface area contributed by atoms with Crippen LogP contribution < -0.4 is 11.5 Å². The Hall–Kier alpha value is -3.83. The summed E-state index contributed by atoms with van der Waals surface area (Å²) in [5.41, 5.74) is 11.4. The lowest BCUT2D eigenvalue weighted by atomic mass is 9.91. The number of halogens is 2. The van der Waals surface area contributed by atoms with Crippen LogP contribution >= 0.6 is 15.4 Å². The predicted octanol–water partition coefficient (Wildman–Crippen LogP) is 3.37. The molecule has 3 saturated heterocycles. The lowest BCUT2D eigenvalue weighted by Crippen LogP contribution is -2.37. The Balaban J connectivity index is 1.23. The minimum atomic E-state index is -5.00. The van der Waals surface area contributed by atoms with E-state index in [-0.39, 0.29) is 40.4 Å². The van der Waals surface area contributed by atoms with Crippen LogP contribution in [-0.2, 0) is 55.5 Å². The second-order valence-corrected chi connectivity index (χ2v) is 17.4. The number of nitrogens with two attached hydrogens (primary N) is 2. The van der Waals surface area contributed by atoms with E-state index in [0.717, 1.165) is 12.7 Å².